The van der Waals surface area contributed by atoms with E-state index in [-0.39, 0.29) is 0 Å². The molecule has 0 saturated carbocycles. The predicted molar refractivity (Wildman–Crippen MR) is 55.5 cm³/mol. The van der Waals surface area contributed by atoms with E-state index in [1.165, 1.54) is 25.8 Å². The average Bonchev–Trinajstić information content (AvgIpc) is 2.00. The maximum Gasteiger partial charge on any atom is 0.00391 e. The Morgan fingerprint density at radius 2 is 2.00 bits per heavy atom. The fraction of sp³-hybridized carbons (Fsp3) is 1.00. The summed E-state index contributed by atoms with van der Waals surface area (Å²) < 4.78 is 0. The molecule has 12 heavy (non-hydrogen) atoms. The molecule has 0 bridgehead atoms. The largest absolute Gasteiger partial charge is 0.314 e. The average molecular weight is 172 g/mol. The first kappa shape index (κ1) is 11.9. The molecule has 0 radical (unpaired) electrons. The lowest BCUT2D eigenvalue weighted by Crippen LogP contribution is -2.27. The van der Waals surface area contributed by atoms with Crippen molar-refractivity contribution in [1.29, 1.82) is 0 Å². The summed E-state index contributed by atoms with van der Waals surface area (Å²) in [6.45, 7) is 6.84. The molecule has 2 heteroatoms. The van der Waals surface area contributed by atoms with Gasteiger partial charge >= 0.3 is 0 Å². The number of hydrogen-bond acceptors (Lipinski definition) is 2. The summed E-state index contributed by atoms with van der Waals surface area (Å²) in [7, 11) is 4.26. The third kappa shape index (κ3) is 8.02. The molecule has 0 aliphatic carbocycles. The van der Waals surface area contributed by atoms with Crippen molar-refractivity contribution in [1.82, 2.24) is 10.2 Å². The second kappa shape index (κ2) is 7.56. The molecule has 1 N–H and O–H groups in total. The van der Waals surface area contributed by atoms with E-state index in [4.69, 9.17) is 0 Å². The van der Waals surface area contributed by atoms with Crippen LogP contribution in [0.15, 0.2) is 0 Å². The first-order chi connectivity index (χ1) is 5.66. The second-order valence-electron chi connectivity index (χ2n) is 3.80. The van der Waals surface area contributed by atoms with Gasteiger partial charge in [0, 0.05) is 6.04 Å². The molecule has 0 aromatic rings. The highest BCUT2D eigenvalue weighted by Gasteiger charge is 1.99. The van der Waals surface area contributed by atoms with Gasteiger partial charge in [0.1, 0.15) is 0 Å². The Hall–Kier alpha value is -0.0800. The summed E-state index contributed by atoms with van der Waals surface area (Å²) in [6, 6.07) is 0.685. The molecule has 0 aromatic carbocycles. The van der Waals surface area contributed by atoms with Crippen LogP contribution in [0.3, 0.4) is 0 Å². The third-order valence-corrected chi connectivity index (χ3v) is 1.99. The molecule has 0 fully saturated rings. The SMILES string of the molecule is CCCNC(C)CCCN(C)C. The summed E-state index contributed by atoms with van der Waals surface area (Å²) in [5.41, 5.74) is 0. The minimum atomic E-state index is 0.685. The van der Waals surface area contributed by atoms with E-state index in [9.17, 15) is 0 Å². The minimum absolute atomic E-state index is 0.685. The molecule has 0 aromatic heterocycles. The lowest BCUT2D eigenvalue weighted by atomic mass is 10.2. The molecule has 0 aliphatic rings. The van der Waals surface area contributed by atoms with Gasteiger partial charge in [-0.15, -0.1) is 0 Å². The zero-order valence-corrected chi connectivity index (χ0v) is 9.06. The van der Waals surface area contributed by atoms with E-state index in [1.54, 1.807) is 0 Å². The fourth-order valence-electron chi connectivity index (χ4n) is 1.21. The van der Waals surface area contributed by atoms with Crippen molar-refractivity contribution in [3.05, 3.63) is 0 Å². The van der Waals surface area contributed by atoms with Crippen LogP contribution in [0.5, 0.6) is 0 Å². The van der Waals surface area contributed by atoms with Crippen LogP contribution in [-0.4, -0.2) is 38.1 Å². The Morgan fingerprint density at radius 3 is 2.50 bits per heavy atom. The van der Waals surface area contributed by atoms with Gasteiger partial charge in [0.15, 0.2) is 0 Å². The van der Waals surface area contributed by atoms with E-state index in [1.807, 2.05) is 0 Å². The third-order valence-electron chi connectivity index (χ3n) is 1.99. The standard InChI is InChI=1S/C10H24N2/c1-5-8-11-10(2)7-6-9-12(3)4/h10-11H,5-9H2,1-4H3. The van der Waals surface area contributed by atoms with Crippen molar-refractivity contribution >= 4 is 0 Å². The lowest BCUT2D eigenvalue weighted by Gasteiger charge is -2.14. The fourth-order valence-corrected chi connectivity index (χ4v) is 1.21. The quantitative estimate of drug-likeness (QED) is 0.629. The summed E-state index contributed by atoms with van der Waals surface area (Å²) in [4.78, 5) is 2.24. The van der Waals surface area contributed by atoms with Gasteiger partial charge in [0.05, 0.1) is 0 Å². The highest BCUT2D eigenvalue weighted by atomic mass is 15.0. The van der Waals surface area contributed by atoms with Crippen LogP contribution in [0.2, 0.25) is 0 Å². The summed E-state index contributed by atoms with van der Waals surface area (Å²) in [5.74, 6) is 0. The first-order valence-electron chi connectivity index (χ1n) is 5.05. The minimum Gasteiger partial charge on any atom is -0.314 e. The molecule has 2 nitrogen and oxygen atoms in total. The van der Waals surface area contributed by atoms with Crippen LogP contribution in [0.1, 0.15) is 33.1 Å². The molecule has 0 aliphatic heterocycles. The Morgan fingerprint density at radius 1 is 1.33 bits per heavy atom. The highest BCUT2D eigenvalue weighted by Crippen LogP contribution is 1.96. The first-order valence-corrected chi connectivity index (χ1v) is 5.05. The van der Waals surface area contributed by atoms with Gasteiger partial charge < -0.3 is 10.2 Å². The van der Waals surface area contributed by atoms with E-state index >= 15 is 0 Å². The predicted octanol–water partition coefficient (Wildman–Crippen LogP) is 1.72. The Bertz CT molecular complexity index is 91.8. The van der Waals surface area contributed by atoms with Crippen LogP contribution in [-0.2, 0) is 0 Å². The maximum absolute atomic E-state index is 3.49. The molecule has 0 heterocycles. The van der Waals surface area contributed by atoms with Crippen LogP contribution < -0.4 is 5.32 Å². The monoisotopic (exact) mass is 172 g/mol. The van der Waals surface area contributed by atoms with Crippen molar-refractivity contribution in [3.8, 4) is 0 Å². The maximum atomic E-state index is 3.49. The van der Waals surface area contributed by atoms with Gasteiger partial charge in [-0.2, -0.15) is 0 Å². The highest BCUT2D eigenvalue weighted by molar-refractivity contribution is 4.60. The zero-order chi connectivity index (χ0) is 9.40. The van der Waals surface area contributed by atoms with Gasteiger partial charge in [-0.25, -0.2) is 0 Å². The summed E-state index contributed by atoms with van der Waals surface area (Å²) in [5, 5.41) is 3.49. The molecule has 0 rings (SSSR count). The van der Waals surface area contributed by atoms with Gasteiger partial charge in [-0.05, 0) is 53.4 Å². The van der Waals surface area contributed by atoms with Gasteiger partial charge in [0.25, 0.3) is 0 Å². The van der Waals surface area contributed by atoms with Crippen molar-refractivity contribution in [3.63, 3.8) is 0 Å². The van der Waals surface area contributed by atoms with Crippen molar-refractivity contribution < 1.29 is 0 Å². The Labute approximate surface area is 77.3 Å². The van der Waals surface area contributed by atoms with E-state index < -0.39 is 0 Å². The van der Waals surface area contributed by atoms with Gasteiger partial charge in [-0.1, -0.05) is 6.92 Å². The van der Waals surface area contributed by atoms with E-state index in [0.717, 1.165) is 6.54 Å². The van der Waals surface area contributed by atoms with Crippen LogP contribution in [0.4, 0.5) is 0 Å². The molecule has 1 unspecified atom stereocenters. The van der Waals surface area contributed by atoms with Gasteiger partial charge in [-0.3, -0.25) is 0 Å². The molecule has 0 saturated heterocycles. The lowest BCUT2D eigenvalue weighted by molar-refractivity contribution is 0.376. The number of rotatable bonds is 7. The topological polar surface area (TPSA) is 15.3 Å². The van der Waals surface area contributed by atoms with Crippen molar-refractivity contribution in [2.75, 3.05) is 27.2 Å². The number of nitrogens with zero attached hydrogens (tertiary/aromatic N) is 1. The van der Waals surface area contributed by atoms with Crippen molar-refractivity contribution in [2.45, 2.75) is 39.2 Å². The van der Waals surface area contributed by atoms with Crippen molar-refractivity contribution in [2.24, 2.45) is 0 Å². The van der Waals surface area contributed by atoms with Crippen LogP contribution in [0, 0.1) is 0 Å². The summed E-state index contributed by atoms with van der Waals surface area (Å²) in [6.07, 6.45) is 3.82. The molecule has 74 valence electrons. The number of hydrogen-bond donors (Lipinski definition) is 1. The van der Waals surface area contributed by atoms with E-state index in [0.29, 0.717) is 6.04 Å². The summed E-state index contributed by atoms with van der Waals surface area (Å²) >= 11 is 0. The van der Waals surface area contributed by atoms with Crippen LogP contribution in [0.25, 0.3) is 0 Å². The van der Waals surface area contributed by atoms with Crippen LogP contribution >= 0.6 is 0 Å². The molecular weight excluding hydrogens is 148 g/mol. The molecule has 0 amide bonds. The smallest absolute Gasteiger partial charge is 0.00391 e. The molecular formula is C10H24N2. The van der Waals surface area contributed by atoms with Gasteiger partial charge in [0.2, 0.25) is 0 Å². The Kier molecular flexibility index (Phi) is 7.51. The van der Waals surface area contributed by atoms with E-state index in [2.05, 4.69) is 38.2 Å². The Balaban J connectivity index is 3.13. The second-order valence-corrected chi connectivity index (χ2v) is 3.80. The molecule has 1 atom stereocenters. The number of nitrogens with one attached hydrogen (secondary N) is 1. The normalized spacial score (nSPS) is 13.8. The zero-order valence-electron chi connectivity index (χ0n) is 9.06. The molecule has 0 spiro atoms.